The van der Waals surface area contributed by atoms with Crippen LogP contribution in [0.1, 0.15) is 51.9 Å². The van der Waals surface area contributed by atoms with Crippen molar-refractivity contribution >= 4 is 5.97 Å². The molecule has 1 saturated carbocycles. The number of nitrogens with zero attached hydrogens (tertiary/aromatic N) is 1. The number of carbonyl (C=O) groups excluding carboxylic acids is 1. The van der Waals surface area contributed by atoms with Gasteiger partial charge in [0.05, 0.1) is 7.11 Å². The molecule has 4 heteroatoms. The number of hydrogen-bond donors (Lipinski definition) is 1. The number of piperidine rings is 1. The van der Waals surface area contributed by atoms with Gasteiger partial charge in [0.25, 0.3) is 0 Å². The molecule has 0 radical (unpaired) electrons. The number of esters is 1. The third kappa shape index (κ3) is 3.48. The molecule has 0 spiro atoms. The van der Waals surface area contributed by atoms with Gasteiger partial charge in [-0.2, -0.15) is 0 Å². The first-order valence-corrected chi connectivity index (χ1v) is 7.78. The van der Waals surface area contributed by atoms with Crippen LogP contribution in [0.15, 0.2) is 0 Å². The van der Waals surface area contributed by atoms with E-state index >= 15 is 0 Å². The molecule has 0 aromatic heterocycles. The minimum atomic E-state index is -0.423. The summed E-state index contributed by atoms with van der Waals surface area (Å²) in [7, 11) is 1.51. The topological polar surface area (TPSA) is 41.6 Å². The SMILES string of the molecule is CCCN1CCC(NC2CCCC2)(C(=O)OC)CC1. The molecule has 0 unspecified atom stereocenters. The third-order valence-electron chi connectivity index (χ3n) is 4.66. The number of rotatable bonds is 5. The molecule has 110 valence electrons. The summed E-state index contributed by atoms with van der Waals surface area (Å²) in [4.78, 5) is 14.7. The number of nitrogens with one attached hydrogen (secondary N) is 1. The van der Waals surface area contributed by atoms with Crippen LogP contribution in [-0.4, -0.2) is 49.2 Å². The molecule has 0 atom stereocenters. The van der Waals surface area contributed by atoms with Crippen LogP contribution in [0.4, 0.5) is 0 Å². The molecule has 0 bridgehead atoms. The predicted octanol–water partition coefficient (Wildman–Crippen LogP) is 1.94. The van der Waals surface area contributed by atoms with E-state index in [4.69, 9.17) is 4.74 Å². The zero-order valence-electron chi connectivity index (χ0n) is 12.4. The second-order valence-electron chi connectivity index (χ2n) is 6.04. The highest BCUT2D eigenvalue weighted by Gasteiger charge is 2.43. The monoisotopic (exact) mass is 268 g/mol. The zero-order valence-corrected chi connectivity index (χ0v) is 12.4. The van der Waals surface area contributed by atoms with Gasteiger partial charge >= 0.3 is 5.97 Å². The van der Waals surface area contributed by atoms with Crippen LogP contribution in [0.25, 0.3) is 0 Å². The van der Waals surface area contributed by atoms with Crippen LogP contribution < -0.4 is 5.32 Å². The molecule has 0 aromatic rings. The number of hydrogen-bond acceptors (Lipinski definition) is 4. The van der Waals surface area contributed by atoms with Gasteiger partial charge in [0, 0.05) is 19.1 Å². The molecule has 2 fully saturated rings. The molecule has 0 aromatic carbocycles. The third-order valence-corrected chi connectivity index (χ3v) is 4.66. The Hall–Kier alpha value is -0.610. The van der Waals surface area contributed by atoms with Crippen LogP contribution in [0.2, 0.25) is 0 Å². The lowest BCUT2D eigenvalue weighted by atomic mass is 9.86. The molecular formula is C15H28N2O2. The molecule has 2 aliphatic rings. The van der Waals surface area contributed by atoms with E-state index in [2.05, 4.69) is 17.1 Å². The highest BCUT2D eigenvalue weighted by Crippen LogP contribution is 2.28. The Kier molecular flexibility index (Phi) is 5.22. The van der Waals surface area contributed by atoms with Gasteiger partial charge in [0.2, 0.25) is 0 Å². The summed E-state index contributed by atoms with van der Waals surface area (Å²) in [6.07, 6.45) is 7.94. The first-order valence-electron chi connectivity index (χ1n) is 7.78. The summed E-state index contributed by atoms with van der Waals surface area (Å²) >= 11 is 0. The molecule has 0 amide bonds. The Bertz CT molecular complexity index is 293. The average Bonchev–Trinajstić information content (AvgIpc) is 2.93. The van der Waals surface area contributed by atoms with Gasteiger partial charge in [-0.25, -0.2) is 0 Å². The number of ether oxygens (including phenoxy) is 1. The number of carbonyl (C=O) groups is 1. The lowest BCUT2D eigenvalue weighted by Crippen LogP contribution is -2.61. The van der Waals surface area contributed by atoms with E-state index in [0.717, 1.165) is 32.5 Å². The van der Waals surface area contributed by atoms with Gasteiger partial charge < -0.3 is 9.64 Å². The van der Waals surface area contributed by atoms with E-state index < -0.39 is 5.54 Å². The molecule has 1 N–H and O–H groups in total. The van der Waals surface area contributed by atoms with E-state index in [0.29, 0.717) is 6.04 Å². The average molecular weight is 268 g/mol. The summed E-state index contributed by atoms with van der Waals surface area (Å²) in [6, 6.07) is 0.511. The van der Waals surface area contributed by atoms with Crippen molar-refractivity contribution in [2.24, 2.45) is 0 Å². The molecule has 1 heterocycles. The van der Waals surface area contributed by atoms with Crippen molar-refractivity contribution in [2.75, 3.05) is 26.7 Å². The summed E-state index contributed by atoms with van der Waals surface area (Å²) in [5.41, 5.74) is -0.423. The first-order chi connectivity index (χ1) is 9.20. The van der Waals surface area contributed by atoms with Gasteiger partial charge in [-0.3, -0.25) is 10.1 Å². The van der Waals surface area contributed by atoms with Crippen molar-refractivity contribution in [1.82, 2.24) is 10.2 Å². The Morgan fingerprint density at radius 3 is 2.47 bits per heavy atom. The van der Waals surface area contributed by atoms with E-state index in [1.807, 2.05) is 0 Å². The van der Waals surface area contributed by atoms with Gasteiger partial charge in [-0.05, 0) is 38.6 Å². The quantitative estimate of drug-likeness (QED) is 0.774. The Morgan fingerprint density at radius 1 is 1.32 bits per heavy atom. The fourth-order valence-corrected chi connectivity index (χ4v) is 3.54. The Morgan fingerprint density at radius 2 is 1.95 bits per heavy atom. The molecule has 4 nitrogen and oxygen atoms in total. The molecular weight excluding hydrogens is 240 g/mol. The van der Waals surface area contributed by atoms with Crippen LogP contribution in [0.5, 0.6) is 0 Å². The van der Waals surface area contributed by atoms with Crippen LogP contribution in [0.3, 0.4) is 0 Å². The number of methoxy groups -OCH3 is 1. The number of likely N-dealkylation sites (tertiary alicyclic amines) is 1. The minimum absolute atomic E-state index is 0.0597. The van der Waals surface area contributed by atoms with Crippen molar-refractivity contribution in [3.05, 3.63) is 0 Å². The minimum Gasteiger partial charge on any atom is -0.468 e. The fraction of sp³-hybridized carbons (Fsp3) is 0.933. The normalized spacial score (nSPS) is 24.5. The van der Waals surface area contributed by atoms with Crippen molar-refractivity contribution in [2.45, 2.75) is 63.5 Å². The Balaban J connectivity index is 1.98. The lowest BCUT2D eigenvalue weighted by molar-refractivity contribution is -0.151. The highest BCUT2D eigenvalue weighted by atomic mass is 16.5. The maximum Gasteiger partial charge on any atom is 0.326 e. The van der Waals surface area contributed by atoms with Crippen molar-refractivity contribution in [3.8, 4) is 0 Å². The van der Waals surface area contributed by atoms with E-state index in [-0.39, 0.29) is 5.97 Å². The fourth-order valence-electron chi connectivity index (χ4n) is 3.54. The van der Waals surface area contributed by atoms with Gasteiger partial charge in [-0.15, -0.1) is 0 Å². The Labute approximate surface area is 116 Å². The maximum atomic E-state index is 12.2. The molecule has 1 aliphatic carbocycles. The van der Waals surface area contributed by atoms with E-state index in [9.17, 15) is 4.79 Å². The van der Waals surface area contributed by atoms with E-state index in [1.54, 1.807) is 0 Å². The van der Waals surface area contributed by atoms with Crippen molar-refractivity contribution in [1.29, 1.82) is 0 Å². The summed E-state index contributed by atoms with van der Waals surface area (Å²) in [5, 5.41) is 3.64. The van der Waals surface area contributed by atoms with Crippen molar-refractivity contribution < 1.29 is 9.53 Å². The van der Waals surface area contributed by atoms with Crippen LogP contribution in [-0.2, 0) is 9.53 Å². The first kappa shape index (κ1) is 14.8. The van der Waals surface area contributed by atoms with Crippen LogP contribution >= 0.6 is 0 Å². The largest absolute Gasteiger partial charge is 0.468 e. The summed E-state index contributed by atoms with van der Waals surface area (Å²) in [5.74, 6) is -0.0597. The zero-order chi connectivity index (χ0) is 13.7. The van der Waals surface area contributed by atoms with Crippen LogP contribution in [0, 0.1) is 0 Å². The van der Waals surface area contributed by atoms with Gasteiger partial charge in [-0.1, -0.05) is 19.8 Å². The predicted molar refractivity (Wildman–Crippen MR) is 76.1 cm³/mol. The van der Waals surface area contributed by atoms with E-state index in [1.165, 1.54) is 39.2 Å². The maximum absolute atomic E-state index is 12.2. The summed E-state index contributed by atoms with van der Waals surface area (Å²) < 4.78 is 5.08. The standard InChI is InChI=1S/C15H28N2O2/c1-3-10-17-11-8-15(9-12-17,14(18)19-2)16-13-6-4-5-7-13/h13,16H,3-12H2,1-2H3. The van der Waals surface area contributed by atoms with Gasteiger partial charge in [0.1, 0.15) is 5.54 Å². The molecule has 1 saturated heterocycles. The second-order valence-corrected chi connectivity index (χ2v) is 6.04. The van der Waals surface area contributed by atoms with Crippen molar-refractivity contribution in [3.63, 3.8) is 0 Å². The molecule has 1 aliphatic heterocycles. The smallest absolute Gasteiger partial charge is 0.326 e. The molecule has 19 heavy (non-hydrogen) atoms. The second kappa shape index (κ2) is 6.71. The van der Waals surface area contributed by atoms with Gasteiger partial charge in [0.15, 0.2) is 0 Å². The highest BCUT2D eigenvalue weighted by molar-refractivity contribution is 5.81. The molecule has 2 rings (SSSR count). The summed E-state index contributed by atoms with van der Waals surface area (Å²) in [6.45, 7) is 5.35. The lowest BCUT2D eigenvalue weighted by Gasteiger charge is -2.41.